The van der Waals surface area contributed by atoms with E-state index in [-0.39, 0.29) is 0 Å². The standard InChI is InChI=1S/C4H10O3/c1-3(5)4(2)7-6/h3-6H,1-2H3/t3-,4+/m1/s1. The van der Waals surface area contributed by atoms with Crippen molar-refractivity contribution in [2.45, 2.75) is 26.1 Å². The second-order valence-electron chi connectivity index (χ2n) is 1.55. The smallest absolute Gasteiger partial charge is 0.115 e. The Hall–Kier alpha value is -0.120. The monoisotopic (exact) mass is 106 g/mol. The van der Waals surface area contributed by atoms with Gasteiger partial charge >= 0.3 is 0 Å². The Morgan fingerprint density at radius 3 is 1.86 bits per heavy atom. The third-order valence-electron chi connectivity index (χ3n) is 0.846. The Balaban J connectivity index is 3.14. The van der Waals surface area contributed by atoms with Crippen molar-refractivity contribution in [1.29, 1.82) is 0 Å². The fraction of sp³-hybridized carbons (Fsp3) is 1.00. The zero-order chi connectivity index (χ0) is 5.86. The Morgan fingerprint density at radius 1 is 1.43 bits per heavy atom. The summed E-state index contributed by atoms with van der Waals surface area (Å²) in [5, 5.41) is 16.4. The predicted molar refractivity (Wildman–Crippen MR) is 24.9 cm³/mol. The molecular weight excluding hydrogens is 96.0 g/mol. The van der Waals surface area contributed by atoms with Crippen LogP contribution in [0.2, 0.25) is 0 Å². The van der Waals surface area contributed by atoms with Crippen molar-refractivity contribution in [3.63, 3.8) is 0 Å². The third kappa shape index (κ3) is 2.56. The molecule has 0 aliphatic heterocycles. The molecule has 0 aromatic heterocycles. The zero-order valence-electron chi connectivity index (χ0n) is 4.46. The number of hydrogen-bond acceptors (Lipinski definition) is 3. The molecule has 44 valence electrons. The lowest BCUT2D eigenvalue weighted by atomic mass is 10.3. The molecule has 7 heavy (non-hydrogen) atoms. The molecule has 0 saturated heterocycles. The highest BCUT2D eigenvalue weighted by Gasteiger charge is 2.06. The van der Waals surface area contributed by atoms with E-state index in [0.717, 1.165) is 0 Å². The van der Waals surface area contributed by atoms with Crippen molar-refractivity contribution >= 4 is 0 Å². The minimum atomic E-state index is -0.606. The summed E-state index contributed by atoms with van der Waals surface area (Å²) in [5.41, 5.74) is 0. The molecule has 2 N–H and O–H groups in total. The lowest BCUT2D eigenvalue weighted by Crippen LogP contribution is -2.20. The van der Waals surface area contributed by atoms with Crippen LogP contribution < -0.4 is 0 Å². The van der Waals surface area contributed by atoms with E-state index in [1.807, 2.05) is 0 Å². The van der Waals surface area contributed by atoms with Crippen LogP contribution in [0.15, 0.2) is 0 Å². The number of aliphatic hydroxyl groups is 1. The summed E-state index contributed by atoms with van der Waals surface area (Å²) in [4.78, 5) is 3.76. The molecule has 0 saturated carbocycles. The van der Waals surface area contributed by atoms with Gasteiger partial charge in [0.25, 0.3) is 0 Å². The van der Waals surface area contributed by atoms with E-state index < -0.39 is 12.2 Å². The number of aliphatic hydroxyl groups excluding tert-OH is 1. The largest absolute Gasteiger partial charge is 0.391 e. The fourth-order valence-corrected chi connectivity index (χ4v) is 0.0881. The van der Waals surface area contributed by atoms with Gasteiger partial charge in [-0.15, -0.1) is 0 Å². The van der Waals surface area contributed by atoms with Gasteiger partial charge in [-0.05, 0) is 13.8 Å². The molecule has 2 atom stereocenters. The van der Waals surface area contributed by atoms with Gasteiger partial charge in [0.1, 0.15) is 6.10 Å². The lowest BCUT2D eigenvalue weighted by molar-refractivity contribution is -0.289. The number of rotatable bonds is 2. The maximum absolute atomic E-state index is 8.54. The van der Waals surface area contributed by atoms with E-state index in [1.165, 1.54) is 0 Å². The first-order valence-corrected chi connectivity index (χ1v) is 2.16. The molecule has 0 aliphatic carbocycles. The highest BCUT2D eigenvalue weighted by atomic mass is 17.1. The van der Waals surface area contributed by atoms with Crippen LogP contribution in [0, 0.1) is 0 Å². The molecule has 0 unspecified atom stereocenters. The Labute approximate surface area is 42.5 Å². The molecule has 0 aliphatic rings. The van der Waals surface area contributed by atoms with Gasteiger partial charge in [-0.3, -0.25) is 5.26 Å². The van der Waals surface area contributed by atoms with E-state index in [9.17, 15) is 0 Å². The molecule has 0 fully saturated rings. The van der Waals surface area contributed by atoms with Crippen molar-refractivity contribution in [1.82, 2.24) is 0 Å². The maximum Gasteiger partial charge on any atom is 0.115 e. The molecule has 0 aromatic rings. The molecule has 3 nitrogen and oxygen atoms in total. The van der Waals surface area contributed by atoms with Crippen molar-refractivity contribution in [2.75, 3.05) is 0 Å². The van der Waals surface area contributed by atoms with Crippen molar-refractivity contribution in [3.8, 4) is 0 Å². The number of hydrogen-bond donors (Lipinski definition) is 2. The van der Waals surface area contributed by atoms with Crippen LogP contribution in [0.1, 0.15) is 13.8 Å². The summed E-state index contributed by atoms with van der Waals surface area (Å²) in [5.74, 6) is 0. The van der Waals surface area contributed by atoms with E-state index >= 15 is 0 Å². The highest BCUT2D eigenvalue weighted by Crippen LogP contribution is 1.92. The van der Waals surface area contributed by atoms with Gasteiger partial charge in [-0.25, -0.2) is 4.89 Å². The van der Waals surface area contributed by atoms with Gasteiger partial charge < -0.3 is 5.11 Å². The van der Waals surface area contributed by atoms with Gasteiger partial charge in [-0.1, -0.05) is 0 Å². The molecular formula is C4H10O3. The summed E-state index contributed by atoms with van der Waals surface area (Å²) < 4.78 is 0. The van der Waals surface area contributed by atoms with Crippen LogP contribution in [0.25, 0.3) is 0 Å². The summed E-state index contributed by atoms with van der Waals surface area (Å²) in [6.07, 6.45) is -1.09. The summed E-state index contributed by atoms with van der Waals surface area (Å²) in [7, 11) is 0. The van der Waals surface area contributed by atoms with Crippen molar-refractivity contribution in [2.24, 2.45) is 0 Å². The van der Waals surface area contributed by atoms with Gasteiger partial charge in [0, 0.05) is 0 Å². The van der Waals surface area contributed by atoms with Crippen molar-refractivity contribution in [3.05, 3.63) is 0 Å². The van der Waals surface area contributed by atoms with Crippen LogP contribution in [-0.2, 0) is 4.89 Å². The van der Waals surface area contributed by atoms with Crippen LogP contribution in [0.5, 0.6) is 0 Å². The van der Waals surface area contributed by atoms with Crippen LogP contribution in [0.4, 0.5) is 0 Å². The van der Waals surface area contributed by atoms with E-state index in [2.05, 4.69) is 4.89 Å². The van der Waals surface area contributed by atoms with E-state index in [4.69, 9.17) is 10.4 Å². The quantitative estimate of drug-likeness (QED) is 0.391. The molecule has 0 heterocycles. The Morgan fingerprint density at radius 2 is 1.86 bits per heavy atom. The third-order valence-corrected chi connectivity index (χ3v) is 0.846. The molecule has 0 bridgehead atoms. The molecule has 0 aromatic carbocycles. The van der Waals surface area contributed by atoms with Gasteiger partial charge in [0.05, 0.1) is 6.10 Å². The second-order valence-corrected chi connectivity index (χ2v) is 1.55. The molecule has 3 heteroatoms. The summed E-state index contributed by atoms with van der Waals surface area (Å²) in [6.45, 7) is 3.12. The van der Waals surface area contributed by atoms with Crippen LogP contribution in [-0.4, -0.2) is 22.6 Å². The van der Waals surface area contributed by atoms with Gasteiger partial charge in [0.2, 0.25) is 0 Å². The maximum atomic E-state index is 8.54. The molecule has 0 spiro atoms. The second kappa shape index (κ2) is 2.96. The van der Waals surface area contributed by atoms with E-state index in [0.29, 0.717) is 0 Å². The van der Waals surface area contributed by atoms with Gasteiger partial charge in [0.15, 0.2) is 0 Å². The van der Waals surface area contributed by atoms with Gasteiger partial charge in [-0.2, -0.15) is 0 Å². The average Bonchev–Trinajstić information content (AvgIpc) is 1.65. The first-order valence-electron chi connectivity index (χ1n) is 2.16. The normalized spacial score (nSPS) is 18.9. The Kier molecular flexibility index (Phi) is 2.91. The minimum absolute atomic E-state index is 0.486. The van der Waals surface area contributed by atoms with Crippen LogP contribution >= 0.6 is 0 Å². The Bertz CT molecular complexity index is 44.2. The zero-order valence-corrected chi connectivity index (χ0v) is 4.46. The first kappa shape index (κ1) is 6.88. The predicted octanol–water partition coefficient (Wildman–Crippen LogP) is 0.245. The molecule has 0 amide bonds. The van der Waals surface area contributed by atoms with Crippen molar-refractivity contribution < 1.29 is 15.3 Å². The minimum Gasteiger partial charge on any atom is -0.391 e. The summed E-state index contributed by atoms with van der Waals surface area (Å²) >= 11 is 0. The van der Waals surface area contributed by atoms with E-state index in [1.54, 1.807) is 13.8 Å². The summed E-state index contributed by atoms with van der Waals surface area (Å²) in [6, 6.07) is 0. The first-order chi connectivity index (χ1) is 3.18. The topological polar surface area (TPSA) is 49.7 Å². The molecule has 0 radical (unpaired) electrons. The SMILES string of the molecule is C[C@H](OO)[C@@H](C)O. The average molecular weight is 106 g/mol. The molecule has 0 rings (SSSR count). The highest BCUT2D eigenvalue weighted by molar-refractivity contribution is 4.52. The fourth-order valence-electron chi connectivity index (χ4n) is 0.0881. The lowest BCUT2D eigenvalue weighted by Gasteiger charge is -2.08. The van der Waals surface area contributed by atoms with Crippen LogP contribution in [0.3, 0.4) is 0 Å².